The molecule has 3 heteroatoms. The lowest BCUT2D eigenvalue weighted by Crippen LogP contribution is -2.19. The Kier molecular flexibility index (Phi) is 1.66. The van der Waals surface area contributed by atoms with E-state index < -0.39 is 0 Å². The molecule has 0 radical (unpaired) electrons. The highest BCUT2D eigenvalue weighted by atomic mass is 79.9. The van der Waals surface area contributed by atoms with Crippen LogP contribution in [-0.2, 0) is 5.54 Å². The molecule has 0 unspecified atom stereocenters. The first-order valence-electron chi connectivity index (χ1n) is 3.90. The largest absolute Gasteiger partial charge is 0.507 e. The fourth-order valence-corrected chi connectivity index (χ4v) is 1.97. The smallest absolute Gasteiger partial charge is 0.130 e. The van der Waals surface area contributed by atoms with Crippen LogP contribution in [0.1, 0.15) is 18.4 Å². The molecule has 0 heterocycles. The molecule has 1 saturated carbocycles. The van der Waals surface area contributed by atoms with Crippen molar-refractivity contribution in [3.05, 3.63) is 28.2 Å². The third kappa shape index (κ3) is 1.13. The molecule has 2 rings (SSSR count). The predicted molar refractivity (Wildman–Crippen MR) is 50.9 cm³/mol. The highest BCUT2D eigenvalue weighted by Crippen LogP contribution is 2.47. The van der Waals surface area contributed by atoms with Crippen LogP contribution >= 0.6 is 15.9 Å². The quantitative estimate of drug-likeness (QED) is 0.773. The summed E-state index contributed by atoms with van der Waals surface area (Å²) in [6, 6.07) is 5.43. The minimum absolute atomic E-state index is 0.183. The van der Waals surface area contributed by atoms with Crippen molar-refractivity contribution in [3.8, 4) is 5.75 Å². The Balaban J connectivity index is 2.51. The van der Waals surface area contributed by atoms with Crippen molar-refractivity contribution < 1.29 is 5.11 Å². The van der Waals surface area contributed by atoms with E-state index in [4.69, 9.17) is 5.73 Å². The summed E-state index contributed by atoms with van der Waals surface area (Å²) in [5, 5.41) is 9.39. The molecule has 64 valence electrons. The Labute approximate surface area is 79.5 Å². The van der Waals surface area contributed by atoms with Crippen molar-refractivity contribution in [3.63, 3.8) is 0 Å². The molecule has 1 fully saturated rings. The first kappa shape index (κ1) is 8.08. The van der Waals surface area contributed by atoms with E-state index in [1.165, 1.54) is 0 Å². The summed E-state index contributed by atoms with van der Waals surface area (Å²) in [5.74, 6) is 0.268. The molecule has 1 aliphatic carbocycles. The predicted octanol–water partition coefficient (Wildman–Crippen LogP) is 2.10. The van der Waals surface area contributed by atoms with E-state index in [9.17, 15) is 5.11 Å². The molecule has 1 aromatic carbocycles. The van der Waals surface area contributed by atoms with Crippen LogP contribution in [0.4, 0.5) is 0 Å². The van der Waals surface area contributed by atoms with Gasteiger partial charge < -0.3 is 10.8 Å². The topological polar surface area (TPSA) is 46.2 Å². The molecule has 2 nitrogen and oxygen atoms in total. The molecular formula is C9H10BrNO. The summed E-state index contributed by atoms with van der Waals surface area (Å²) in [6.45, 7) is 0. The van der Waals surface area contributed by atoms with Crippen molar-refractivity contribution in [2.75, 3.05) is 0 Å². The van der Waals surface area contributed by atoms with Crippen LogP contribution in [0, 0.1) is 0 Å². The Morgan fingerprint density at radius 3 is 2.67 bits per heavy atom. The summed E-state index contributed by atoms with van der Waals surface area (Å²) in [5.41, 5.74) is 6.83. The first-order valence-corrected chi connectivity index (χ1v) is 4.70. The van der Waals surface area contributed by atoms with Crippen LogP contribution in [-0.4, -0.2) is 5.11 Å². The van der Waals surface area contributed by atoms with Gasteiger partial charge in [0, 0.05) is 5.54 Å². The van der Waals surface area contributed by atoms with E-state index in [0.717, 1.165) is 22.9 Å². The Hall–Kier alpha value is -0.540. The molecular weight excluding hydrogens is 218 g/mol. The normalized spacial score (nSPS) is 19.2. The van der Waals surface area contributed by atoms with E-state index in [-0.39, 0.29) is 11.3 Å². The van der Waals surface area contributed by atoms with E-state index in [0.29, 0.717) is 0 Å². The molecule has 0 saturated heterocycles. The lowest BCUT2D eigenvalue weighted by atomic mass is 10.1. The van der Waals surface area contributed by atoms with Gasteiger partial charge in [-0.25, -0.2) is 0 Å². The fourth-order valence-electron chi connectivity index (χ4n) is 1.31. The van der Waals surface area contributed by atoms with E-state index in [2.05, 4.69) is 15.9 Å². The number of benzene rings is 1. The third-order valence-electron chi connectivity index (χ3n) is 2.30. The summed E-state index contributed by atoms with van der Waals surface area (Å²) >= 11 is 3.33. The Bertz CT molecular complexity index is 320. The van der Waals surface area contributed by atoms with Gasteiger partial charge >= 0.3 is 0 Å². The summed E-state index contributed by atoms with van der Waals surface area (Å²) in [4.78, 5) is 0. The molecule has 0 bridgehead atoms. The maximum atomic E-state index is 9.39. The number of aromatic hydroxyl groups is 1. The minimum atomic E-state index is -0.183. The average molecular weight is 228 g/mol. The fraction of sp³-hybridized carbons (Fsp3) is 0.333. The first-order chi connectivity index (χ1) is 5.63. The number of hydrogen-bond donors (Lipinski definition) is 2. The van der Waals surface area contributed by atoms with Crippen LogP contribution in [0.5, 0.6) is 5.75 Å². The number of halogens is 1. The van der Waals surface area contributed by atoms with Crippen molar-refractivity contribution >= 4 is 15.9 Å². The summed E-state index contributed by atoms with van der Waals surface area (Å²) in [6.07, 6.45) is 2.02. The van der Waals surface area contributed by atoms with Crippen LogP contribution in [0.15, 0.2) is 22.7 Å². The third-order valence-corrected chi connectivity index (χ3v) is 3.14. The molecule has 0 aliphatic heterocycles. The standard InChI is InChI=1S/C9H10BrNO/c10-8-6(9(11)4-5-9)2-1-3-7(8)12/h1-3,12H,4-5,11H2. The molecule has 0 spiro atoms. The van der Waals surface area contributed by atoms with Crippen molar-refractivity contribution in [1.82, 2.24) is 0 Å². The number of phenolic OH excluding ortho intramolecular Hbond substituents is 1. The Morgan fingerprint density at radius 2 is 2.08 bits per heavy atom. The van der Waals surface area contributed by atoms with E-state index in [1.54, 1.807) is 6.07 Å². The summed E-state index contributed by atoms with van der Waals surface area (Å²) < 4.78 is 0.741. The van der Waals surface area contributed by atoms with Crippen molar-refractivity contribution in [2.45, 2.75) is 18.4 Å². The zero-order valence-corrected chi connectivity index (χ0v) is 8.13. The van der Waals surface area contributed by atoms with Gasteiger partial charge in [-0.2, -0.15) is 0 Å². The molecule has 0 amide bonds. The maximum Gasteiger partial charge on any atom is 0.130 e. The SMILES string of the molecule is NC1(c2cccc(O)c2Br)CC1. The van der Waals surface area contributed by atoms with Crippen LogP contribution in [0.2, 0.25) is 0 Å². The summed E-state index contributed by atoms with van der Waals surface area (Å²) in [7, 11) is 0. The van der Waals surface area contributed by atoms with Gasteiger partial charge in [-0.3, -0.25) is 0 Å². The number of rotatable bonds is 1. The molecule has 0 atom stereocenters. The van der Waals surface area contributed by atoms with Gasteiger partial charge in [-0.05, 0) is 40.4 Å². The van der Waals surface area contributed by atoms with Crippen LogP contribution < -0.4 is 5.73 Å². The highest BCUT2D eigenvalue weighted by Gasteiger charge is 2.41. The van der Waals surface area contributed by atoms with Gasteiger partial charge in [0.2, 0.25) is 0 Å². The van der Waals surface area contributed by atoms with Crippen molar-refractivity contribution in [2.24, 2.45) is 5.73 Å². The molecule has 12 heavy (non-hydrogen) atoms. The van der Waals surface area contributed by atoms with Gasteiger partial charge in [0.1, 0.15) is 5.75 Å². The number of phenols is 1. The molecule has 0 aromatic heterocycles. The molecule has 3 N–H and O–H groups in total. The second kappa shape index (κ2) is 2.47. The van der Waals surface area contributed by atoms with E-state index >= 15 is 0 Å². The second-order valence-electron chi connectivity index (χ2n) is 3.29. The second-order valence-corrected chi connectivity index (χ2v) is 4.09. The number of nitrogens with two attached hydrogens (primary N) is 1. The molecule has 1 aromatic rings. The van der Waals surface area contributed by atoms with Crippen LogP contribution in [0.3, 0.4) is 0 Å². The van der Waals surface area contributed by atoms with Gasteiger partial charge in [0.25, 0.3) is 0 Å². The number of hydrogen-bond acceptors (Lipinski definition) is 2. The van der Waals surface area contributed by atoms with Gasteiger partial charge in [0.15, 0.2) is 0 Å². The van der Waals surface area contributed by atoms with E-state index in [1.807, 2.05) is 12.1 Å². The zero-order chi connectivity index (χ0) is 8.77. The lowest BCUT2D eigenvalue weighted by Gasteiger charge is -2.11. The molecule has 1 aliphatic rings. The minimum Gasteiger partial charge on any atom is -0.507 e. The van der Waals surface area contributed by atoms with Gasteiger partial charge in [-0.1, -0.05) is 12.1 Å². The van der Waals surface area contributed by atoms with Crippen LogP contribution in [0.25, 0.3) is 0 Å². The van der Waals surface area contributed by atoms with Gasteiger partial charge in [-0.15, -0.1) is 0 Å². The van der Waals surface area contributed by atoms with Crippen molar-refractivity contribution in [1.29, 1.82) is 0 Å². The highest BCUT2D eigenvalue weighted by molar-refractivity contribution is 9.10. The monoisotopic (exact) mass is 227 g/mol. The zero-order valence-electron chi connectivity index (χ0n) is 6.55. The lowest BCUT2D eigenvalue weighted by molar-refractivity contribution is 0.469. The van der Waals surface area contributed by atoms with Gasteiger partial charge in [0.05, 0.1) is 4.47 Å². The maximum absolute atomic E-state index is 9.39. The average Bonchev–Trinajstić information content (AvgIpc) is 2.75. The Morgan fingerprint density at radius 1 is 1.42 bits per heavy atom.